The largest absolute Gasteiger partial charge is 0.356 e. The summed E-state index contributed by atoms with van der Waals surface area (Å²) >= 11 is 0. The van der Waals surface area contributed by atoms with E-state index in [-0.39, 0.29) is 0 Å². The maximum Gasteiger partial charge on any atom is 0.191 e. The molecule has 0 saturated carbocycles. The summed E-state index contributed by atoms with van der Waals surface area (Å²) in [5, 5.41) is 11.1. The molecule has 2 N–H and O–H groups in total. The molecular weight excluding hydrogens is 336 g/mol. The standard InChI is InChI=1S/C21H34N6/c1-18(2)26(4)14-8-7-12-23-21(22-3)24-16-19-10-5-6-11-20(19)17-27-15-9-13-25-27/h5-6,9-11,13,15,18H,7-8,12,14,16-17H2,1-4H3,(H2,22,23,24). The zero-order chi connectivity index (χ0) is 19.5. The highest BCUT2D eigenvalue weighted by atomic mass is 15.3. The van der Waals surface area contributed by atoms with Crippen molar-refractivity contribution in [2.24, 2.45) is 4.99 Å². The Hall–Kier alpha value is -2.34. The Balaban J connectivity index is 1.76. The van der Waals surface area contributed by atoms with E-state index in [4.69, 9.17) is 0 Å². The van der Waals surface area contributed by atoms with Gasteiger partial charge in [-0.25, -0.2) is 0 Å². The molecule has 1 aromatic heterocycles. The first-order valence-electron chi connectivity index (χ1n) is 9.79. The van der Waals surface area contributed by atoms with Crippen LogP contribution in [0.15, 0.2) is 47.7 Å². The topological polar surface area (TPSA) is 57.5 Å². The minimum Gasteiger partial charge on any atom is -0.356 e. The molecular formula is C21H34N6. The number of aliphatic imine (C=N–C) groups is 1. The van der Waals surface area contributed by atoms with Gasteiger partial charge in [-0.05, 0) is 57.5 Å². The average Bonchev–Trinajstić information content (AvgIpc) is 3.17. The van der Waals surface area contributed by atoms with E-state index in [1.54, 1.807) is 0 Å². The SMILES string of the molecule is CN=C(NCCCCN(C)C(C)C)NCc1ccccc1Cn1cccn1. The third-order valence-electron chi connectivity index (χ3n) is 4.79. The van der Waals surface area contributed by atoms with E-state index in [1.807, 2.05) is 30.2 Å². The van der Waals surface area contributed by atoms with Crippen molar-refractivity contribution in [3.63, 3.8) is 0 Å². The van der Waals surface area contributed by atoms with E-state index in [9.17, 15) is 0 Å². The number of nitrogens with one attached hydrogen (secondary N) is 2. The normalized spacial score (nSPS) is 12.0. The van der Waals surface area contributed by atoms with Crippen molar-refractivity contribution in [3.05, 3.63) is 53.9 Å². The fraction of sp³-hybridized carbons (Fsp3) is 0.524. The molecule has 148 valence electrons. The van der Waals surface area contributed by atoms with E-state index in [1.165, 1.54) is 17.5 Å². The predicted octanol–water partition coefficient (Wildman–Crippen LogP) is 2.72. The lowest BCUT2D eigenvalue weighted by atomic mass is 10.1. The highest BCUT2D eigenvalue weighted by molar-refractivity contribution is 5.79. The number of hydrogen-bond donors (Lipinski definition) is 2. The van der Waals surface area contributed by atoms with Crippen LogP contribution in [0.3, 0.4) is 0 Å². The summed E-state index contributed by atoms with van der Waals surface area (Å²) in [6.45, 7) is 8.04. The Kier molecular flexibility index (Phi) is 8.84. The Morgan fingerprint density at radius 1 is 1.15 bits per heavy atom. The van der Waals surface area contributed by atoms with E-state index < -0.39 is 0 Å². The maximum absolute atomic E-state index is 4.34. The zero-order valence-electron chi connectivity index (χ0n) is 17.2. The second-order valence-corrected chi connectivity index (χ2v) is 7.11. The monoisotopic (exact) mass is 370 g/mol. The Morgan fingerprint density at radius 3 is 2.59 bits per heavy atom. The van der Waals surface area contributed by atoms with Crippen LogP contribution >= 0.6 is 0 Å². The molecule has 0 saturated heterocycles. The van der Waals surface area contributed by atoms with Crippen LogP contribution in [-0.4, -0.2) is 53.9 Å². The van der Waals surface area contributed by atoms with Crippen LogP contribution in [0.4, 0.5) is 0 Å². The van der Waals surface area contributed by atoms with Gasteiger partial charge < -0.3 is 15.5 Å². The van der Waals surface area contributed by atoms with E-state index in [0.29, 0.717) is 6.04 Å². The van der Waals surface area contributed by atoms with Gasteiger partial charge in [-0.1, -0.05) is 24.3 Å². The highest BCUT2D eigenvalue weighted by Crippen LogP contribution is 2.10. The van der Waals surface area contributed by atoms with Crippen molar-refractivity contribution in [3.8, 4) is 0 Å². The molecule has 0 bridgehead atoms. The molecule has 27 heavy (non-hydrogen) atoms. The Bertz CT molecular complexity index is 678. The van der Waals surface area contributed by atoms with Crippen LogP contribution in [0.5, 0.6) is 0 Å². The lowest BCUT2D eigenvalue weighted by Gasteiger charge is -2.20. The van der Waals surface area contributed by atoms with Gasteiger partial charge in [0.05, 0.1) is 6.54 Å². The van der Waals surface area contributed by atoms with Gasteiger partial charge in [0.15, 0.2) is 5.96 Å². The molecule has 0 fully saturated rings. The number of nitrogens with zero attached hydrogens (tertiary/aromatic N) is 4. The molecule has 0 radical (unpaired) electrons. The molecule has 2 rings (SSSR count). The highest BCUT2D eigenvalue weighted by Gasteiger charge is 2.05. The van der Waals surface area contributed by atoms with Gasteiger partial charge in [0.1, 0.15) is 0 Å². The van der Waals surface area contributed by atoms with Gasteiger partial charge in [-0.2, -0.15) is 5.10 Å². The van der Waals surface area contributed by atoms with Gasteiger partial charge >= 0.3 is 0 Å². The molecule has 1 aromatic carbocycles. The quantitative estimate of drug-likeness (QED) is 0.384. The van der Waals surface area contributed by atoms with Crippen LogP contribution in [0, 0.1) is 0 Å². The lowest BCUT2D eigenvalue weighted by molar-refractivity contribution is 0.268. The minimum atomic E-state index is 0.606. The molecule has 0 unspecified atom stereocenters. The fourth-order valence-electron chi connectivity index (χ4n) is 2.80. The van der Waals surface area contributed by atoms with Crippen LogP contribution in [0.25, 0.3) is 0 Å². The number of rotatable bonds is 10. The van der Waals surface area contributed by atoms with Crippen LogP contribution in [-0.2, 0) is 13.1 Å². The lowest BCUT2D eigenvalue weighted by Crippen LogP contribution is -2.37. The summed E-state index contributed by atoms with van der Waals surface area (Å²) < 4.78 is 1.94. The first kappa shape index (κ1) is 21.0. The van der Waals surface area contributed by atoms with E-state index in [0.717, 1.165) is 38.6 Å². The molecule has 0 amide bonds. The van der Waals surface area contributed by atoms with Crippen molar-refractivity contribution in [1.29, 1.82) is 0 Å². The maximum atomic E-state index is 4.34. The number of benzene rings is 1. The first-order chi connectivity index (χ1) is 13.1. The number of guanidine groups is 1. The van der Waals surface area contributed by atoms with Crippen LogP contribution < -0.4 is 10.6 Å². The van der Waals surface area contributed by atoms with Crippen molar-refractivity contribution in [2.75, 3.05) is 27.2 Å². The number of unbranched alkanes of at least 4 members (excludes halogenated alkanes) is 1. The number of aromatic nitrogens is 2. The van der Waals surface area contributed by atoms with Crippen molar-refractivity contribution in [1.82, 2.24) is 25.3 Å². The Labute approximate surface area is 163 Å². The smallest absolute Gasteiger partial charge is 0.191 e. The van der Waals surface area contributed by atoms with E-state index in [2.05, 4.69) is 70.8 Å². The van der Waals surface area contributed by atoms with Crippen LogP contribution in [0.1, 0.15) is 37.8 Å². The Morgan fingerprint density at radius 2 is 1.93 bits per heavy atom. The molecule has 2 aromatic rings. The third kappa shape index (κ3) is 7.43. The predicted molar refractivity (Wildman–Crippen MR) is 113 cm³/mol. The molecule has 6 heteroatoms. The van der Waals surface area contributed by atoms with E-state index >= 15 is 0 Å². The summed E-state index contributed by atoms with van der Waals surface area (Å²) in [5.41, 5.74) is 2.52. The zero-order valence-corrected chi connectivity index (χ0v) is 17.2. The first-order valence-corrected chi connectivity index (χ1v) is 9.79. The van der Waals surface area contributed by atoms with Gasteiger partial charge in [0, 0.05) is 38.6 Å². The molecule has 6 nitrogen and oxygen atoms in total. The molecule has 0 aliphatic carbocycles. The van der Waals surface area contributed by atoms with Gasteiger partial charge in [-0.15, -0.1) is 0 Å². The summed E-state index contributed by atoms with van der Waals surface area (Å²) in [7, 11) is 4.00. The minimum absolute atomic E-state index is 0.606. The summed E-state index contributed by atoms with van der Waals surface area (Å²) in [6, 6.07) is 11.0. The molecule has 0 spiro atoms. The summed E-state index contributed by atoms with van der Waals surface area (Å²) in [4.78, 5) is 6.71. The van der Waals surface area contributed by atoms with Crippen LogP contribution in [0.2, 0.25) is 0 Å². The molecule has 0 atom stereocenters. The average molecular weight is 371 g/mol. The summed E-state index contributed by atoms with van der Waals surface area (Å²) in [6.07, 6.45) is 6.12. The van der Waals surface area contributed by atoms with Crippen molar-refractivity contribution >= 4 is 5.96 Å². The third-order valence-corrected chi connectivity index (χ3v) is 4.79. The van der Waals surface area contributed by atoms with Gasteiger partial charge in [0.25, 0.3) is 0 Å². The van der Waals surface area contributed by atoms with Gasteiger partial charge in [0.2, 0.25) is 0 Å². The molecule has 1 heterocycles. The van der Waals surface area contributed by atoms with Crippen molar-refractivity contribution in [2.45, 2.75) is 45.8 Å². The van der Waals surface area contributed by atoms with Gasteiger partial charge in [-0.3, -0.25) is 9.67 Å². The molecule has 0 aliphatic rings. The molecule has 0 aliphatic heterocycles. The second kappa shape index (κ2) is 11.4. The second-order valence-electron chi connectivity index (χ2n) is 7.11. The fourth-order valence-corrected chi connectivity index (χ4v) is 2.80. The number of hydrogen-bond acceptors (Lipinski definition) is 3. The van der Waals surface area contributed by atoms with Crippen molar-refractivity contribution < 1.29 is 0 Å². The summed E-state index contributed by atoms with van der Waals surface area (Å²) in [5.74, 6) is 0.848.